The Morgan fingerprint density at radius 1 is 0.700 bits per heavy atom. The number of aromatic hydroxyl groups is 1. The number of hydrogen-bond donors (Lipinski definition) is 1. The summed E-state index contributed by atoms with van der Waals surface area (Å²) in [4.78, 5) is 9.13. The molecule has 0 bridgehead atoms. The summed E-state index contributed by atoms with van der Waals surface area (Å²) in [5, 5.41) is 11.2. The lowest BCUT2D eigenvalue weighted by atomic mass is 9.83. The Hall–Kier alpha value is -4.65. The number of hydrogen-bond acceptors (Lipinski definition) is 4. The van der Waals surface area contributed by atoms with Crippen molar-refractivity contribution < 1.29 is 22.7 Å². The summed E-state index contributed by atoms with van der Waals surface area (Å²) >= 11 is 0. The predicted octanol–water partition coefficient (Wildman–Crippen LogP) is 9.40. The largest absolute Gasteiger partial charge is 0.507 e. The molecule has 4 nitrogen and oxygen atoms in total. The first-order valence-electron chi connectivity index (χ1n) is 12.8. The highest BCUT2D eigenvalue weighted by molar-refractivity contribution is 5.97. The summed E-state index contributed by atoms with van der Waals surface area (Å²) in [7, 11) is 0. The number of rotatable bonds is 3. The van der Waals surface area contributed by atoms with Crippen molar-refractivity contribution in [2.24, 2.45) is 0 Å². The van der Waals surface area contributed by atoms with Gasteiger partial charge in [0.15, 0.2) is 5.58 Å². The molecular formula is C33H25F3N2O2. The van der Waals surface area contributed by atoms with E-state index in [0.29, 0.717) is 44.4 Å². The van der Waals surface area contributed by atoms with Gasteiger partial charge in [-0.1, -0.05) is 51.1 Å². The molecule has 2 heterocycles. The monoisotopic (exact) mass is 538 g/mol. The molecule has 0 saturated heterocycles. The highest BCUT2D eigenvalue weighted by Crippen LogP contribution is 2.41. The molecule has 7 heteroatoms. The second kappa shape index (κ2) is 9.23. The van der Waals surface area contributed by atoms with E-state index >= 15 is 0 Å². The lowest BCUT2D eigenvalue weighted by Crippen LogP contribution is -2.11. The van der Waals surface area contributed by atoms with E-state index in [1.807, 2.05) is 24.3 Å². The maximum absolute atomic E-state index is 14.3. The minimum absolute atomic E-state index is 0.00457. The zero-order chi connectivity index (χ0) is 28.2. The molecule has 0 spiro atoms. The zero-order valence-corrected chi connectivity index (χ0v) is 22.0. The van der Waals surface area contributed by atoms with Crippen LogP contribution in [0.2, 0.25) is 0 Å². The van der Waals surface area contributed by atoms with Crippen molar-refractivity contribution in [2.75, 3.05) is 0 Å². The number of pyridine rings is 1. The van der Waals surface area contributed by atoms with Gasteiger partial charge in [-0.25, -0.2) is 4.98 Å². The second-order valence-corrected chi connectivity index (χ2v) is 10.8. The predicted molar refractivity (Wildman–Crippen MR) is 151 cm³/mol. The molecule has 0 amide bonds. The van der Waals surface area contributed by atoms with Gasteiger partial charge in [-0.05, 0) is 76.7 Å². The number of halogens is 3. The van der Waals surface area contributed by atoms with Gasteiger partial charge in [0.1, 0.15) is 11.3 Å². The van der Waals surface area contributed by atoms with E-state index in [9.17, 15) is 18.3 Å². The van der Waals surface area contributed by atoms with Crippen LogP contribution in [0.1, 0.15) is 31.9 Å². The van der Waals surface area contributed by atoms with E-state index in [1.54, 1.807) is 48.7 Å². The van der Waals surface area contributed by atoms with Crippen molar-refractivity contribution in [3.8, 4) is 39.5 Å². The van der Waals surface area contributed by atoms with Gasteiger partial charge in [0.25, 0.3) is 0 Å². The van der Waals surface area contributed by atoms with Crippen molar-refractivity contribution in [1.29, 1.82) is 0 Å². The first-order valence-corrected chi connectivity index (χ1v) is 12.8. The third-order valence-corrected chi connectivity index (χ3v) is 7.01. The van der Waals surface area contributed by atoms with Crippen molar-refractivity contribution in [3.63, 3.8) is 0 Å². The van der Waals surface area contributed by atoms with E-state index in [0.717, 1.165) is 17.0 Å². The van der Waals surface area contributed by atoms with Crippen LogP contribution in [0, 0.1) is 0 Å². The van der Waals surface area contributed by atoms with E-state index in [4.69, 9.17) is 4.42 Å². The van der Waals surface area contributed by atoms with Crippen LogP contribution in [0.5, 0.6) is 5.75 Å². The quantitative estimate of drug-likeness (QED) is 0.244. The third kappa shape index (κ3) is 4.57. The number of oxazole rings is 1. The number of phenols is 1. The van der Waals surface area contributed by atoms with Crippen LogP contribution in [0.3, 0.4) is 0 Å². The Labute approximate surface area is 228 Å². The molecule has 6 aromatic rings. The van der Waals surface area contributed by atoms with Crippen LogP contribution in [-0.2, 0) is 11.6 Å². The van der Waals surface area contributed by atoms with Crippen molar-refractivity contribution in [1.82, 2.24) is 9.97 Å². The fraction of sp³-hybridized carbons (Fsp3) is 0.152. The molecule has 0 saturated carbocycles. The van der Waals surface area contributed by atoms with E-state index in [1.165, 1.54) is 12.1 Å². The van der Waals surface area contributed by atoms with Gasteiger partial charge in [-0.3, -0.25) is 4.98 Å². The summed E-state index contributed by atoms with van der Waals surface area (Å²) in [5.74, 6) is 0.177. The summed E-state index contributed by atoms with van der Waals surface area (Å²) in [6, 6.07) is 23.5. The molecule has 0 aliphatic rings. The summed E-state index contributed by atoms with van der Waals surface area (Å²) in [6.07, 6.45) is -2.93. The maximum Gasteiger partial charge on any atom is 0.416 e. The standard InChI is InChI=1S/C33H25F3N2O2/c1-32(2,3)22-15-19-8-7-13-37-29(19)26(18-22)21-14-20(16-23(17-21)33(34,35)36)24-10-6-12-28-30(24)38-31(40-28)25-9-4-5-11-27(25)39/h4-18,39H,1-3H3. The summed E-state index contributed by atoms with van der Waals surface area (Å²) < 4.78 is 48.7. The van der Waals surface area contributed by atoms with Gasteiger partial charge >= 0.3 is 6.18 Å². The van der Waals surface area contributed by atoms with E-state index < -0.39 is 11.7 Å². The van der Waals surface area contributed by atoms with Crippen molar-refractivity contribution in [2.45, 2.75) is 32.4 Å². The zero-order valence-electron chi connectivity index (χ0n) is 22.0. The van der Waals surface area contributed by atoms with Crippen LogP contribution in [0.15, 0.2) is 95.5 Å². The number of phenolic OH excluding ortho intramolecular Hbond substituents is 1. The number of aromatic nitrogens is 2. The molecule has 4 aromatic carbocycles. The molecule has 200 valence electrons. The Bertz CT molecular complexity index is 1900. The van der Waals surface area contributed by atoms with Crippen molar-refractivity contribution in [3.05, 3.63) is 102 Å². The number of benzene rings is 4. The topological polar surface area (TPSA) is 59.2 Å². The van der Waals surface area contributed by atoms with Crippen molar-refractivity contribution >= 4 is 22.0 Å². The van der Waals surface area contributed by atoms with Crippen LogP contribution < -0.4 is 0 Å². The highest BCUT2D eigenvalue weighted by atomic mass is 19.4. The minimum atomic E-state index is -4.58. The molecule has 0 atom stereocenters. The van der Waals surface area contributed by atoms with Crippen LogP contribution in [-0.4, -0.2) is 15.1 Å². The minimum Gasteiger partial charge on any atom is -0.507 e. The molecule has 2 aromatic heterocycles. The average molecular weight is 539 g/mol. The molecule has 1 N–H and O–H groups in total. The lowest BCUT2D eigenvalue weighted by Gasteiger charge is -2.22. The third-order valence-electron chi connectivity index (χ3n) is 7.01. The van der Waals surface area contributed by atoms with Gasteiger partial charge in [-0.2, -0.15) is 13.2 Å². The number of nitrogens with zero attached hydrogens (tertiary/aromatic N) is 2. The first kappa shape index (κ1) is 25.6. The fourth-order valence-corrected chi connectivity index (χ4v) is 4.90. The number of fused-ring (bicyclic) bond motifs is 2. The Kier molecular flexibility index (Phi) is 5.91. The fourth-order valence-electron chi connectivity index (χ4n) is 4.90. The maximum atomic E-state index is 14.3. The Balaban J connectivity index is 1.61. The van der Waals surface area contributed by atoms with Gasteiger partial charge < -0.3 is 9.52 Å². The van der Waals surface area contributed by atoms with Gasteiger partial charge in [0.05, 0.1) is 16.6 Å². The molecule has 0 fully saturated rings. The molecule has 40 heavy (non-hydrogen) atoms. The lowest BCUT2D eigenvalue weighted by molar-refractivity contribution is -0.137. The van der Waals surface area contributed by atoms with Crippen LogP contribution in [0.25, 0.3) is 55.7 Å². The highest BCUT2D eigenvalue weighted by Gasteiger charge is 2.32. The van der Waals surface area contributed by atoms with E-state index in [-0.39, 0.29) is 17.1 Å². The smallest absolute Gasteiger partial charge is 0.416 e. The van der Waals surface area contributed by atoms with Crippen LogP contribution >= 0.6 is 0 Å². The number of para-hydroxylation sites is 2. The first-order chi connectivity index (χ1) is 19.0. The number of alkyl halides is 3. The van der Waals surface area contributed by atoms with Gasteiger partial charge in [-0.15, -0.1) is 0 Å². The van der Waals surface area contributed by atoms with E-state index in [2.05, 4.69) is 30.7 Å². The molecule has 0 unspecified atom stereocenters. The molecule has 6 rings (SSSR count). The van der Waals surface area contributed by atoms with Crippen LogP contribution in [0.4, 0.5) is 13.2 Å². The summed E-state index contributed by atoms with van der Waals surface area (Å²) in [5.41, 5.74) is 3.67. The molecule has 0 radical (unpaired) electrons. The Morgan fingerprint density at radius 3 is 2.15 bits per heavy atom. The van der Waals surface area contributed by atoms with Gasteiger partial charge in [0.2, 0.25) is 5.89 Å². The summed E-state index contributed by atoms with van der Waals surface area (Å²) in [6.45, 7) is 6.21. The SMILES string of the molecule is CC(C)(C)c1cc(-c2cc(-c3cccc4oc(-c5ccccc5O)nc34)cc(C(F)(F)F)c2)c2ncccc2c1. The van der Waals surface area contributed by atoms with Gasteiger partial charge in [0, 0.05) is 22.7 Å². The normalized spacial score (nSPS) is 12.3. The average Bonchev–Trinajstić information content (AvgIpc) is 3.36. The molecule has 0 aliphatic carbocycles. The molecule has 0 aliphatic heterocycles. The molecular weight excluding hydrogens is 513 g/mol. The second-order valence-electron chi connectivity index (χ2n) is 10.8. The Morgan fingerprint density at radius 2 is 1.43 bits per heavy atom.